The summed E-state index contributed by atoms with van der Waals surface area (Å²) in [5.74, 6) is 6.23. The number of hydrogen-bond acceptors (Lipinski definition) is 7. The molecule has 0 unspecified atom stereocenters. The van der Waals surface area contributed by atoms with Gasteiger partial charge in [0.1, 0.15) is 5.69 Å². The Bertz CT molecular complexity index is 887. The average Bonchev–Trinajstić information content (AvgIpc) is 2.76. The summed E-state index contributed by atoms with van der Waals surface area (Å²) in [5.41, 5.74) is 2.34. The Balaban J connectivity index is 0.00000165. The fourth-order valence-electron chi connectivity index (χ4n) is 2.52. The van der Waals surface area contributed by atoms with E-state index < -0.39 is 0 Å². The minimum Gasteiger partial charge on any atom is -0.396 e. The minimum absolute atomic E-state index is 0.106. The molecule has 8 nitrogen and oxygen atoms in total. The van der Waals surface area contributed by atoms with E-state index in [1.165, 1.54) is 12.3 Å². The van der Waals surface area contributed by atoms with Gasteiger partial charge in [-0.05, 0) is 31.1 Å². The second kappa shape index (κ2) is 16.5. The molecule has 0 aliphatic heterocycles. The fraction of sp³-hybridized carbons (Fsp3) is 0.391. The van der Waals surface area contributed by atoms with Crippen molar-refractivity contribution in [3.8, 4) is 12.8 Å². The molecule has 0 saturated heterocycles. The topological polar surface area (TPSA) is 118 Å². The first-order chi connectivity index (χ1) is 14.9. The summed E-state index contributed by atoms with van der Waals surface area (Å²) in [7, 11) is 3.75. The SMILES string of the molecule is C#C.CC(C)CC(=NCc1cccc(Cc2nn(CC=N)ccc2=O)c1)ON.CNC. The molecule has 0 bridgehead atoms. The molecule has 2 rings (SSSR count). The van der Waals surface area contributed by atoms with Crippen LogP contribution in [0.15, 0.2) is 46.3 Å². The van der Waals surface area contributed by atoms with Crippen molar-refractivity contribution in [2.75, 3.05) is 14.1 Å². The number of aliphatic imine (C=N–C) groups is 1. The van der Waals surface area contributed by atoms with Gasteiger partial charge in [-0.3, -0.25) is 9.48 Å². The summed E-state index contributed by atoms with van der Waals surface area (Å²) in [6.07, 6.45) is 12.0. The third-order valence-corrected chi connectivity index (χ3v) is 3.73. The van der Waals surface area contributed by atoms with E-state index in [2.05, 4.69) is 42.1 Å². The zero-order valence-corrected chi connectivity index (χ0v) is 18.8. The van der Waals surface area contributed by atoms with Gasteiger partial charge in [-0.15, -0.1) is 12.8 Å². The molecule has 168 valence electrons. The smallest absolute Gasteiger partial charge is 0.209 e. The van der Waals surface area contributed by atoms with Crippen LogP contribution in [0.4, 0.5) is 0 Å². The van der Waals surface area contributed by atoms with Crippen LogP contribution < -0.4 is 16.6 Å². The molecule has 0 aliphatic rings. The molecule has 8 heteroatoms. The molecule has 31 heavy (non-hydrogen) atoms. The highest BCUT2D eigenvalue weighted by molar-refractivity contribution is 5.75. The lowest BCUT2D eigenvalue weighted by Crippen LogP contribution is -2.17. The highest BCUT2D eigenvalue weighted by Crippen LogP contribution is 2.11. The molecule has 0 aliphatic carbocycles. The molecule has 1 heterocycles. The van der Waals surface area contributed by atoms with Crippen molar-refractivity contribution in [3.63, 3.8) is 0 Å². The summed E-state index contributed by atoms with van der Waals surface area (Å²) in [6, 6.07) is 9.35. The Hall–Kier alpha value is -3.28. The van der Waals surface area contributed by atoms with Gasteiger partial charge >= 0.3 is 0 Å². The molecular weight excluding hydrogens is 392 g/mol. The van der Waals surface area contributed by atoms with Gasteiger partial charge in [-0.2, -0.15) is 11.0 Å². The number of terminal acetylenes is 1. The summed E-state index contributed by atoms with van der Waals surface area (Å²) >= 11 is 0. The van der Waals surface area contributed by atoms with E-state index in [-0.39, 0.29) is 5.43 Å². The van der Waals surface area contributed by atoms with Gasteiger partial charge in [0, 0.05) is 31.3 Å². The van der Waals surface area contributed by atoms with E-state index in [4.69, 9.17) is 16.1 Å². The predicted molar refractivity (Wildman–Crippen MR) is 127 cm³/mol. The van der Waals surface area contributed by atoms with Crippen LogP contribution in [0, 0.1) is 24.2 Å². The van der Waals surface area contributed by atoms with Crippen LogP contribution >= 0.6 is 0 Å². The molecule has 2 aromatic rings. The van der Waals surface area contributed by atoms with Crippen LogP contribution in [0.3, 0.4) is 0 Å². The zero-order valence-electron chi connectivity index (χ0n) is 18.8. The highest BCUT2D eigenvalue weighted by atomic mass is 16.6. The quantitative estimate of drug-likeness (QED) is 0.259. The average molecular weight is 427 g/mol. The van der Waals surface area contributed by atoms with E-state index in [9.17, 15) is 4.79 Å². The number of nitrogens with two attached hydrogens (primary N) is 1. The Morgan fingerprint density at radius 2 is 1.97 bits per heavy atom. The molecule has 0 radical (unpaired) electrons. The third-order valence-electron chi connectivity index (χ3n) is 3.73. The molecule has 4 N–H and O–H groups in total. The Kier molecular flexibility index (Phi) is 14.8. The third kappa shape index (κ3) is 11.5. The van der Waals surface area contributed by atoms with Gasteiger partial charge in [0.05, 0.1) is 13.1 Å². The largest absolute Gasteiger partial charge is 0.396 e. The van der Waals surface area contributed by atoms with Gasteiger partial charge in [0.2, 0.25) is 11.3 Å². The van der Waals surface area contributed by atoms with Crippen molar-refractivity contribution in [3.05, 3.63) is 63.6 Å². The fourth-order valence-corrected chi connectivity index (χ4v) is 2.52. The van der Waals surface area contributed by atoms with E-state index in [1.54, 1.807) is 10.9 Å². The van der Waals surface area contributed by atoms with Gasteiger partial charge in [-0.25, -0.2) is 4.99 Å². The van der Waals surface area contributed by atoms with Crippen LogP contribution in [0.25, 0.3) is 0 Å². The zero-order chi connectivity index (χ0) is 23.6. The minimum atomic E-state index is -0.106. The second-order valence-corrected chi connectivity index (χ2v) is 6.98. The van der Waals surface area contributed by atoms with Gasteiger partial charge in [-0.1, -0.05) is 38.1 Å². The number of aromatic nitrogens is 2. The first-order valence-electron chi connectivity index (χ1n) is 9.88. The van der Waals surface area contributed by atoms with Crippen LogP contribution in [-0.2, 0) is 24.3 Å². The standard InChI is InChI=1S/C19H25N5O2.C2H7N.C2H2/c1-14(2)10-19(26-21)22-13-16-5-3-4-15(11-16)12-17-18(25)6-8-24(23-17)9-7-20;1-3-2;1-2/h3-8,11,14,20H,9-10,12-13,21H2,1-2H3;3H,1-2H3;1-2H. The highest BCUT2D eigenvalue weighted by Gasteiger charge is 2.06. The summed E-state index contributed by atoms with van der Waals surface area (Å²) in [6.45, 7) is 4.97. The first-order valence-corrected chi connectivity index (χ1v) is 9.88. The van der Waals surface area contributed by atoms with Crippen LogP contribution in [0.1, 0.15) is 37.1 Å². The van der Waals surface area contributed by atoms with Gasteiger partial charge < -0.3 is 15.6 Å². The first kappa shape index (κ1) is 27.7. The summed E-state index contributed by atoms with van der Waals surface area (Å²) < 4.78 is 1.58. The number of nitrogens with one attached hydrogen (secondary N) is 2. The lowest BCUT2D eigenvalue weighted by Gasteiger charge is -2.08. The predicted octanol–water partition coefficient (Wildman–Crippen LogP) is 2.40. The van der Waals surface area contributed by atoms with E-state index in [1.807, 2.05) is 38.4 Å². The molecule has 0 saturated carbocycles. The molecule has 0 spiro atoms. The Morgan fingerprint density at radius 3 is 2.55 bits per heavy atom. The van der Waals surface area contributed by atoms with Crippen LogP contribution in [0.5, 0.6) is 0 Å². The summed E-state index contributed by atoms with van der Waals surface area (Å²) in [4.78, 5) is 21.3. The van der Waals surface area contributed by atoms with E-state index in [0.717, 1.165) is 11.1 Å². The Morgan fingerprint density at radius 1 is 1.32 bits per heavy atom. The molecule has 0 fully saturated rings. The second-order valence-electron chi connectivity index (χ2n) is 6.98. The van der Waals surface area contributed by atoms with Crippen molar-refractivity contribution >= 4 is 12.1 Å². The maximum Gasteiger partial charge on any atom is 0.209 e. The van der Waals surface area contributed by atoms with Crippen LogP contribution in [-0.4, -0.2) is 36.0 Å². The molecule has 1 aromatic heterocycles. The lowest BCUT2D eigenvalue weighted by atomic mass is 10.1. The summed E-state index contributed by atoms with van der Waals surface area (Å²) in [5, 5.41) is 14.2. The number of benzene rings is 1. The van der Waals surface area contributed by atoms with Crippen molar-refractivity contribution in [2.24, 2.45) is 16.8 Å². The van der Waals surface area contributed by atoms with Crippen LogP contribution in [0.2, 0.25) is 0 Å². The van der Waals surface area contributed by atoms with Crippen molar-refractivity contribution in [2.45, 2.75) is 39.8 Å². The monoisotopic (exact) mass is 426 g/mol. The van der Waals surface area contributed by atoms with Crippen molar-refractivity contribution in [1.29, 1.82) is 5.41 Å². The van der Waals surface area contributed by atoms with Crippen molar-refractivity contribution in [1.82, 2.24) is 15.1 Å². The molecular formula is C23H34N6O2. The number of nitrogens with zero attached hydrogens (tertiary/aromatic N) is 3. The number of hydrogen-bond donors (Lipinski definition) is 3. The molecule has 0 atom stereocenters. The lowest BCUT2D eigenvalue weighted by molar-refractivity contribution is 0.302. The van der Waals surface area contributed by atoms with E-state index in [0.29, 0.717) is 43.4 Å². The molecule has 0 amide bonds. The normalized spacial score (nSPS) is 10.4. The maximum atomic E-state index is 12.0. The van der Waals surface area contributed by atoms with E-state index >= 15 is 0 Å². The van der Waals surface area contributed by atoms with Gasteiger partial charge in [0.25, 0.3) is 0 Å². The van der Waals surface area contributed by atoms with Crippen molar-refractivity contribution < 1.29 is 4.84 Å². The Labute approximate surface area is 185 Å². The maximum absolute atomic E-state index is 12.0. The van der Waals surface area contributed by atoms with Gasteiger partial charge in [0.15, 0.2) is 0 Å². The number of rotatable bonds is 8. The molecule has 1 aromatic carbocycles.